The van der Waals surface area contributed by atoms with E-state index in [1.54, 1.807) is 0 Å². The van der Waals surface area contributed by atoms with Crippen molar-refractivity contribution in [3.05, 3.63) is 71.8 Å². The molecule has 3 heteroatoms. The zero-order chi connectivity index (χ0) is 20.0. The van der Waals surface area contributed by atoms with Gasteiger partial charge in [0, 0.05) is 19.2 Å². The monoisotopic (exact) mass is 415 g/mol. The fourth-order valence-electron chi connectivity index (χ4n) is 4.79. The van der Waals surface area contributed by atoms with Gasteiger partial charge in [0.15, 0.2) is 0 Å². The van der Waals surface area contributed by atoms with E-state index in [2.05, 4.69) is 93.3 Å². The molecule has 1 unspecified atom stereocenters. The molecular weight excluding hydrogens is 378 g/mol. The second-order valence-electron chi connectivity index (χ2n) is 9.50. The van der Waals surface area contributed by atoms with Crippen molar-refractivity contribution in [3.63, 3.8) is 0 Å². The Morgan fingerprint density at radius 2 is 1.52 bits per heavy atom. The summed E-state index contributed by atoms with van der Waals surface area (Å²) in [5.41, 5.74) is 3.14. The number of ether oxygens (including phenoxy) is 1. The first-order valence-corrected chi connectivity index (χ1v) is 10.8. The summed E-state index contributed by atoms with van der Waals surface area (Å²) in [6, 6.07) is 22.4. The number of hydrogen-bond acceptors (Lipinski definition) is 2. The molecule has 1 fully saturated rings. The normalized spacial score (nSPS) is 21.2. The maximum Gasteiger partial charge on any atom is 0.0631 e. The Morgan fingerprint density at radius 1 is 0.931 bits per heavy atom. The molecule has 0 radical (unpaired) electrons. The topological polar surface area (TPSA) is 12.5 Å². The van der Waals surface area contributed by atoms with Crippen LogP contribution in [-0.4, -0.2) is 29.7 Å². The Bertz CT molecular complexity index is 716. The first-order valence-electron chi connectivity index (χ1n) is 10.8. The van der Waals surface area contributed by atoms with Crippen molar-refractivity contribution >= 4 is 12.4 Å². The third-order valence-corrected chi connectivity index (χ3v) is 6.24. The molecule has 1 aliphatic rings. The van der Waals surface area contributed by atoms with Gasteiger partial charge in [0.05, 0.1) is 5.60 Å². The first-order chi connectivity index (χ1) is 13.4. The molecule has 1 heterocycles. The van der Waals surface area contributed by atoms with Crippen molar-refractivity contribution in [2.75, 3.05) is 13.2 Å². The lowest BCUT2D eigenvalue weighted by molar-refractivity contribution is -0.109. The average Bonchev–Trinajstić information content (AvgIpc) is 2.66. The number of hydrogen-bond donors (Lipinski definition) is 0. The van der Waals surface area contributed by atoms with Crippen molar-refractivity contribution in [3.8, 4) is 0 Å². The summed E-state index contributed by atoms with van der Waals surface area (Å²) in [5, 5.41) is 0. The molecule has 0 aromatic heterocycles. The highest BCUT2D eigenvalue weighted by molar-refractivity contribution is 5.85. The Morgan fingerprint density at radius 3 is 2.07 bits per heavy atom. The summed E-state index contributed by atoms with van der Waals surface area (Å²) in [6.45, 7) is 12.2. The maximum atomic E-state index is 6.09. The molecule has 1 atom stereocenters. The minimum Gasteiger partial charge on any atom is -0.376 e. The predicted molar refractivity (Wildman–Crippen MR) is 126 cm³/mol. The van der Waals surface area contributed by atoms with E-state index in [0.717, 1.165) is 39.0 Å². The molecule has 1 aliphatic heterocycles. The predicted octanol–water partition coefficient (Wildman–Crippen LogP) is 6.53. The highest BCUT2D eigenvalue weighted by Crippen LogP contribution is 2.44. The van der Waals surface area contributed by atoms with E-state index < -0.39 is 0 Å². The average molecular weight is 416 g/mol. The third-order valence-electron chi connectivity index (χ3n) is 6.24. The van der Waals surface area contributed by atoms with Gasteiger partial charge in [-0.25, -0.2) is 0 Å². The van der Waals surface area contributed by atoms with Crippen molar-refractivity contribution in [1.29, 1.82) is 0 Å². The summed E-state index contributed by atoms with van der Waals surface area (Å²) >= 11 is 0. The van der Waals surface area contributed by atoms with Crippen LogP contribution < -0.4 is 0 Å². The molecule has 29 heavy (non-hydrogen) atoms. The fraction of sp³-hybridized carbons (Fsp3) is 0.538. The lowest BCUT2D eigenvalue weighted by Crippen LogP contribution is -2.44. The lowest BCUT2D eigenvalue weighted by Gasteiger charge is -2.46. The second-order valence-corrected chi connectivity index (χ2v) is 9.50. The van der Waals surface area contributed by atoms with Crippen LogP contribution in [0.15, 0.2) is 60.7 Å². The second kappa shape index (κ2) is 10.6. The number of benzene rings is 2. The smallest absolute Gasteiger partial charge is 0.0631 e. The Hall–Kier alpha value is -1.35. The zero-order valence-electron chi connectivity index (χ0n) is 18.6. The molecule has 0 aliphatic carbocycles. The van der Waals surface area contributed by atoms with E-state index in [0.29, 0.717) is 11.5 Å². The van der Waals surface area contributed by atoms with Gasteiger partial charge in [-0.3, -0.25) is 4.90 Å². The van der Waals surface area contributed by atoms with Gasteiger partial charge in [-0.05, 0) is 76.5 Å². The molecule has 0 spiro atoms. The van der Waals surface area contributed by atoms with Gasteiger partial charge in [-0.2, -0.15) is 0 Å². The molecule has 160 valence electrons. The third kappa shape index (κ3) is 7.13. The van der Waals surface area contributed by atoms with E-state index in [-0.39, 0.29) is 18.0 Å². The summed E-state index contributed by atoms with van der Waals surface area (Å²) in [5.74, 6) is 0. The Labute approximate surface area is 184 Å². The summed E-state index contributed by atoms with van der Waals surface area (Å²) in [6.07, 6.45) is 4.66. The summed E-state index contributed by atoms with van der Waals surface area (Å²) in [4.78, 5) is 2.63. The van der Waals surface area contributed by atoms with E-state index >= 15 is 0 Å². The molecular formula is C26H38ClNO. The van der Waals surface area contributed by atoms with Crippen LogP contribution >= 0.6 is 12.4 Å². The van der Waals surface area contributed by atoms with Crippen LogP contribution in [0.3, 0.4) is 0 Å². The molecule has 2 aromatic carbocycles. The molecule has 0 saturated carbocycles. The van der Waals surface area contributed by atoms with Crippen LogP contribution in [0, 0.1) is 5.41 Å². The maximum absolute atomic E-state index is 6.09. The van der Waals surface area contributed by atoms with Crippen LogP contribution in [0.4, 0.5) is 0 Å². The minimum atomic E-state index is -0.0326. The van der Waals surface area contributed by atoms with Crippen LogP contribution in [-0.2, 0) is 17.7 Å². The van der Waals surface area contributed by atoms with Gasteiger partial charge in [-0.1, -0.05) is 60.7 Å². The van der Waals surface area contributed by atoms with E-state index in [4.69, 9.17) is 4.74 Å². The Balaban J connectivity index is 0.00000300. The van der Waals surface area contributed by atoms with Crippen LogP contribution in [0.5, 0.6) is 0 Å². The van der Waals surface area contributed by atoms with Gasteiger partial charge in [-0.15, -0.1) is 12.4 Å². The summed E-state index contributed by atoms with van der Waals surface area (Å²) < 4.78 is 6.09. The van der Waals surface area contributed by atoms with E-state index in [1.165, 1.54) is 17.5 Å². The quantitative estimate of drug-likeness (QED) is 0.486. The molecule has 0 amide bonds. The highest BCUT2D eigenvalue weighted by Gasteiger charge is 2.40. The van der Waals surface area contributed by atoms with Crippen LogP contribution in [0.1, 0.15) is 58.1 Å². The van der Waals surface area contributed by atoms with Gasteiger partial charge in [0.1, 0.15) is 0 Å². The van der Waals surface area contributed by atoms with E-state index in [9.17, 15) is 0 Å². The fourth-order valence-corrected chi connectivity index (χ4v) is 4.79. The highest BCUT2D eigenvalue weighted by atomic mass is 35.5. The van der Waals surface area contributed by atoms with Gasteiger partial charge >= 0.3 is 0 Å². The summed E-state index contributed by atoms with van der Waals surface area (Å²) in [7, 11) is 0. The molecule has 0 bridgehead atoms. The molecule has 3 rings (SSSR count). The molecule has 0 N–H and O–H groups in total. The largest absolute Gasteiger partial charge is 0.376 e. The molecule has 2 aromatic rings. The van der Waals surface area contributed by atoms with Gasteiger partial charge in [0.25, 0.3) is 0 Å². The van der Waals surface area contributed by atoms with Crippen molar-refractivity contribution in [2.24, 2.45) is 5.41 Å². The van der Waals surface area contributed by atoms with Gasteiger partial charge in [0.2, 0.25) is 0 Å². The number of nitrogens with zero attached hydrogens (tertiary/aromatic N) is 1. The van der Waals surface area contributed by atoms with Gasteiger partial charge < -0.3 is 4.74 Å². The zero-order valence-corrected chi connectivity index (χ0v) is 19.4. The van der Waals surface area contributed by atoms with E-state index in [1.807, 2.05) is 0 Å². The molecule has 1 saturated heterocycles. The van der Waals surface area contributed by atoms with Crippen LogP contribution in [0.2, 0.25) is 0 Å². The molecule has 2 nitrogen and oxygen atoms in total. The lowest BCUT2D eigenvalue weighted by atomic mass is 9.68. The standard InChI is InChI=1S/C26H37NO.ClH/c1-22(2)27(20-24-13-9-6-10-14-24)17-15-26(16-18-28-25(3,4)21-26)19-23-11-7-5-8-12-23;/h5-14,22H,15-21H2,1-4H3;1H. The Kier molecular flexibility index (Phi) is 8.75. The van der Waals surface area contributed by atoms with Crippen molar-refractivity contribution in [2.45, 2.75) is 71.6 Å². The van der Waals surface area contributed by atoms with Crippen LogP contribution in [0.25, 0.3) is 0 Å². The first kappa shape index (κ1) is 23.9. The minimum absolute atomic E-state index is 0. The number of halogens is 1. The number of rotatable bonds is 8. The SMILES string of the molecule is CC(C)N(CCC1(Cc2ccccc2)CCOC(C)(C)C1)Cc1ccccc1.Cl. The van der Waals surface area contributed by atoms with Crippen molar-refractivity contribution in [1.82, 2.24) is 4.90 Å². The van der Waals surface area contributed by atoms with Crippen molar-refractivity contribution < 1.29 is 4.74 Å².